The van der Waals surface area contributed by atoms with Crippen molar-refractivity contribution in [3.63, 3.8) is 0 Å². The number of nitrogens with one attached hydrogen (secondary N) is 1. The van der Waals surface area contributed by atoms with E-state index in [-0.39, 0.29) is 33.8 Å². The first-order valence-corrected chi connectivity index (χ1v) is 8.89. The molecule has 1 aromatic heterocycles. The average molecular weight is 367 g/mol. The van der Waals surface area contributed by atoms with Gasteiger partial charge in [-0.15, -0.1) is 0 Å². The van der Waals surface area contributed by atoms with Gasteiger partial charge in [-0.1, -0.05) is 13.8 Å². The van der Waals surface area contributed by atoms with E-state index in [1.165, 1.54) is 18.3 Å². The van der Waals surface area contributed by atoms with Gasteiger partial charge in [0.15, 0.2) is 0 Å². The number of rotatable bonds is 7. The van der Waals surface area contributed by atoms with E-state index in [2.05, 4.69) is 9.71 Å². The molecule has 1 aromatic carbocycles. The summed E-state index contributed by atoms with van der Waals surface area (Å²) in [4.78, 5) is 25.4. The second-order valence-electron chi connectivity index (χ2n) is 5.88. The zero-order valence-electron chi connectivity index (χ0n) is 13.5. The van der Waals surface area contributed by atoms with Crippen molar-refractivity contribution in [2.24, 2.45) is 5.92 Å². The summed E-state index contributed by atoms with van der Waals surface area (Å²) in [6.45, 7) is 3.54. The Labute approximate surface area is 143 Å². The molecule has 0 radical (unpaired) electrons. The van der Waals surface area contributed by atoms with Crippen LogP contribution in [0.2, 0.25) is 0 Å². The van der Waals surface area contributed by atoms with Crippen molar-refractivity contribution in [2.75, 3.05) is 0 Å². The number of nitro groups is 1. The summed E-state index contributed by atoms with van der Waals surface area (Å²) in [5.41, 5.74) is -0.364. The molecule has 0 fully saturated rings. The van der Waals surface area contributed by atoms with Gasteiger partial charge in [0.2, 0.25) is 10.0 Å². The summed E-state index contributed by atoms with van der Waals surface area (Å²) >= 11 is 0. The molecule has 0 saturated heterocycles. The number of carboxylic acid groups (broad SMARTS) is 1. The molecule has 2 N–H and O–H groups in total. The Balaban J connectivity index is 2.55. The zero-order chi connectivity index (χ0) is 18.8. The molecular formula is C15H17N3O6S. The van der Waals surface area contributed by atoms with Gasteiger partial charge in [-0.05, 0) is 30.5 Å². The monoisotopic (exact) mass is 367 g/mol. The predicted molar refractivity (Wildman–Crippen MR) is 89.6 cm³/mol. The number of aliphatic carboxylic acids is 1. The third kappa shape index (κ3) is 4.09. The molecule has 25 heavy (non-hydrogen) atoms. The number of sulfonamides is 1. The Kier molecular flexibility index (Phi) is 5.33. The maximum atomic E-state index is 12.6. The molecule has 0 amide bonds. The number of carbonyl (C=O) groups is 1. The van der Waals surface area contributed by atoms with E-state index >= 15 is 0 Å². The molecule has 0 bridgehead atoms. The zero-order valence-corrected chi connectivity index (χ0v) is 14.4. The number of fused-ring (bicyclic) bond motifs is 1. The second-order valence-corrected chi connectivity index (χ2v) is 7.56. The van der Waals surface area contributed by atoms with Gasteiger partial charge < -0.3 is 5.11 Å². The minimum Gasteiger partial charge on any atom is -0.480 e. The maximum Gasteiger partial charge on any atom is 0.321 e. The molecule has 9 nitrogen and oxygen atoms in total. The highest BCUT2D eigenvalue weighted by Gasteiger charge is 2.29. The molecule has 2 rings (SSSR count). The van der Waals surface area contributed by atoms with Crippen molar-refractivity contribution in [3.05, 3.63) is 40.6 Å². The lowest BCUT2D eigenvalue weighted by molar-refractivity contribution is -0.383. The van der Waals surface area contributed by atoms with Gasteiger partial charge in [-0.25, -0.2) is 8.42 Å². The second kappa shape index (κ2) is 7.11. The summed E-state index contributed by atoms with van der Waals surface area (Å²) in [6.07, 6.45) is 1.42. The van der Waals surface area contributed by atoms with Gasteiger partial charge in [0, 0.05) is 12.3 Å². The van der Waals surface area contributed by atoms with Crippen LogP contribution in [0.15, 0.2) is 35.4 Å². The number of carboxylic acids is 1. The van der Waals surface area contributed by atoms with E-state index in [4.69, 9.17) is 0 Å². The van der Waals surface area contributed by atoms with Gasteiger partial charge in [0.1, 0.15) is 10.9 Å². The quantitative estimate of drug-likeness (QED) is 0.563. The fourth-order valence-electron chi connectivity index (χ4n) is 2.43. The van der Waals surface area contributed by atoms with E-state index < -0.39 is 27.0 Å². The standard InChI is InChI=1S/C15H17N3O6S/c1-9(2)8-11(15(19)20)17-25(23,24)13-6-5-12(18(21)22)10-4-3-7-16-14(10)13/h3-7,9,11,17H,8H2,1-2H3,(H,19,20). The van der Waals surface area contributed by atoms with Crippen LogP contribution in [0.5, 0.6) is 0 Å². The number of nitrogens with zero attached hydrogens (tertiary/aromatic N) is 2. The van der Waals surface area contributed by atoms with Crippen molar-refractivity contribution >= 4 is 32.6 Å². The number of pyridine rings is 1. The van der Waals surface area contributed by atoms with Crippen LogP contribution >= 0.6 is 0 Å². The van der Waals surface area contributed by atoms with Gasteiger partial charge in [-0.3, -0.25) is 19.9 Å². The number of aromatic nitrogens is 1. The SMILES string of the molecule is CC(C)CC(NS(=O)(=O)c1ccc([N+](=O)[O-])c2cccnc12)C(=O)O. The molecule has 1 unspecified atom stereocenters. The molecule has 0 aliphatic carbocycles. The molecule has 1 heterocycles. The van der Waals surface area contributed by atoms with Crippen LogP contribution in [0.1, 0.15) is 20.3 Å². The highest BCUT2D eigenvalue weighted by atomic mass is 32.2. The van der Waals surface area contributed by atoms with Crippen molar-refractivity contribution < 1.29 is 23.2 Å². The molecule has 134 valence electrons. The molecule has 10 heteroatoms. The summed E-state index contributed by atoms with van der Waals surface area (Å²) < 4.78 is 27.4. The number of nitro benzene ring substituents is 1. The molecule has 1 atom stereocenters. The Bertz CT molecular complexity index is 926. The van der Waals surface area contributed by atoms with Gasteiger partial charge in [-0.2, -0.15) is 4.72 Å². The first-order chi connectivity index (χ1) is 11.6. The van der Waals surface area contributed by atoms with Crippen LogP contribution < -0.4 is 4.72 Å². The van der Waals surface area contributed by atoms with Crippen LogP contribution in [0, 0.1) is 16.0 Å². The third-order valence-electron chi connectivity index (χ3n) is 3.50. The minimum absolute atomic E-state index is 0.0458. The number of non-ortho nitro benzene ring substituents is 1. The lowest BCUT2D eigenvalue weighted by atomic mass is 10.1. The molecule has 0 spiro atoms. The third-order valence-corrected chi connectivity index (χ3v) is 5.00. The van der Waals surface area contributed by atoms with E-state index in [1.807, 2.05) is 0 Å². The minimum atomic E-state index is -4.24. The van der Waals surface area contributed by atoms with Gasteiger partial charge >= 0.3 is 5.97 Å². The Morgan fingerprint density at radius 3 is 2.60 bits per heavy atom. The highest BCUT2D eigenvalue weighted by molar-refractivity contribution is 7.89. The molecule has 0 aliphatic heterocycles. The topological polar surface area (TPSA) is 140 Å². The molecule has 2 aromatic rings. The Morgan fingerprint density at radius 2 is 2.04 bits per heavy atom. The Morgan fingerprint density at radius 1 is 1.36 bits per heavy atom. The average Bonchev–Trinajstić information content (AvgIpc) is 2.52. The van der Waals surface area contributed by atoms with Gasteiger partial charge in [0.25, 0.3) is 5.69 Å². The van der Waals surface area contributed by atoms with E-state index in [0.29, 0.717) is 0 Å². The first-order valence-electron chi connectivity index (χ1n) is 7.40. The van der Waals surface area contributed by atoms with Crippen molar-refractivity contribution in [1.82, 2.24) is 9.71 Å². The van der Waals surface area contributed by atoms with Crippen LogP contribution in [-0.4, -0.2) is 35.4 Å². The molecule has 0 saturated carbocycles. The van der Waals surface area contributed by atoms with Crippen LogP contribution in [0.25, 0.3) is 10.9 Å². The maximum absolute atomic E-state index is 12.6. The van der Waals surface area contributed by atoms with Crippen molar-refractivity contribution in [3.8, 4) is 0 Å². The van der Waals surface area contributed by atoms with Gasteiger partial charge in [0.05, 0.1) is 15.8 Å². The largest absolute Gasteiger partial charge is 0.480 e. The van der Waals surface area contributed by atoms with E-state index in [9.17, 15) is 28.4 Å². The predicted octanol–water partition coefficient (Wildman–Crippen LogP) is 1.92. The first kappa shape index (κ1) is 18.7. The summed E-state index contributed by atoms with van der Waals surface area (Å²) in [5.74, 6) is -1.34. The molecular weight excluding hydrogens is 350 g/mol. The fraction of sp³-hybridized carbons (Fsp3) is 0.333. The lowest BCUT2D eigenvalue weighted by Crippen LogP contribution is -2.41. The number of hydrogen-bond donors (Lipinski definition) is 2. The van der Waals surface area contributed by atoms with E-state index in [0.717, 1.165) is 12.1 Å². The van der Waals surface area contributed by atoms with Crippen LogP contribution in [-0.2, 0) is 14.8 Å². The molecule has 0 aliphatic rings. The van der Waals surface area contributed by atoms with Crippen molar-refractivity contribution in [1.29, 1.82) is 0 Å². The Hall–Kier alpha value is -2.59. The number of benzene rings is 1. The fourth-order valence-corrected chi connectivity index (χ4v) is 3.79. The summed E-state index contributed by atoms with van der Waals surface area (Å²) in [7, 11) is -4.24. The van der Waals surface area contributed by atoms with Crippen molar-refractivity contribution in [2.45, 2.75) is 31.2 Å². The van der Waals surface area contributed by atoms with E-state index in [1.54, 1.807) is 13.8 Å². The summed E-state index contributed by atoms with van der Waals surface area (Å²) in [5, 5.41) is 20.4. The smallest absolute Gasteiger partial charge is 0.321 e. The summed E-state index contributed by atoms with van der Waals surface area (Å²) in [6, 6.07) is 3.67. The number of hydrogen-bond acceptors (Lipinski definition) is 6. The van der Waals surface area contributed by atoms with Crippen LogP contribution in [0.3, 0.4) is 0 Å². The highest BCUT2D eigenvalue weighted by Crippen LogP contribution is 2.29. The lowest BCUT2D eigenvalue weighted by Gasteiger charge is -2.17. The normalized spacial score (nSPS) is 13.1. The van der Waals surface area contributed by atoms with Crippen LogP contribution in [0.4, 0.5) is 5.69 Å².